The van der Waals surface area contributed by atoms with E-state index in [1.54, 1.807) is 0 Å². The lowest BCUT2D eigenvalue weighted by Gasteiger charge is -2.23. The average Bonchev–Trinajstić information content (AvgIpc) is 2.09. The van der Waals surface area contributed by atoms with Crippen molar-refractivity contribution in [2.24, 2.45) is 0 Å². The van der Waals surface area contributed by atoms with Gasteiger partial charge < -0.3 is 14.2 Å². The van der Waals surface area contributed by atoms with Crippen LogP contribution in [0.25, 0.3) is 0 Å². The lowest BCUT2D eigenvalue weighted by Crippen LogP contribution is -2.25. The van der Waals surface area contributed by atoms with Gasteiger partial charge >= 0.3 is 0 Å². The summed E-state index contributed by atoms with van der Waals surface area (Å²) < 4.78 is 16.1. The molecule has 1 unspecified atom stereocenters. The molecule has 1 rings (SSSR count). The van der Waals surface area contributed by atoms with Crippen LogP contribution in [0.1, 0.15) is 20.3 Å². The molecule has 0 aromatic rings. The Morgan fingerprint density at radius 1 is 1.50 bits per heavy atom. The summed E-state index contributed by atoms with van der Waals surface area (Å²) in [5, 5.41) is 0. The summed E-state index contributed by atoms with van der Waals surface area (Å²) in [7, 11) is 0. The summed E-state index contributed by atoms with van der Waals surface area (Å²) in [5.41, 5.74) is 0. The van der Waals surface area contributed by atoms with E-state index in [0.717, 1.165) is 18.8 Å². The van der Waals surface area contributed by atoms with Gasteiger partial charge in [0.2, 0.25) is 6.29 Å². The first-order valence-electron chi connectivity index (χ1n) is 4.44. The monoisotopic (exact) mass is 172 g/mol. The Morgan fingerprint density at radius 2 is 2.33 bits per heavy atom. The van der Waals surface area contributed by atoms with Crippen molar-refractivity contribution < 1.29 is 14.2 Å². The van der Waals surface area contributed by atoms with Crippen molar-refractivity contribution in [1.82, 2.24) is 0 Å². The van der Waals surface area contributed by atoms with Gasteiger partial charge in [0.15, 0.2) is 0 Å². The highest BCUT2D eigenvalue weighted by atomic mass is 16.7. The van der Waals surface area contributed by atoms with E-state index >= 15 is 0 Å². The molecule has 0 spiro atoms. The molecule has 0 saturated carbocycles. The first kappa shape index (κ1) is 9.55. The molecule has 0 aliphatic carbocycles. The SMILES string of the molecule is CCOC1=CCCOC1OCC. The summed E-state index contributed by atoms with van der Waals surface area (Å²) >= 11 is 0. The Kier molecular flexibility index (Phi) is 4.11. The molecule has 3 nitrogen and oxygen atoms in total. The highest BCUT2D eigenvalue weighted by molar-refractivity contribution is 4.99. The number of hydrogen-bond donors (Lipinski definition) is 0. The molecule has 1 atom stereocenters. The Bertz CT molecular complexity index is 154. The molecule has 0 bridgehead atoms. The van der Waals surface area contributed by atoms with E-state index in [2.05, 4.69) is 0 Å². The maximum absolute atomic E-state index is 5.37. The van der Waals surface area contributed by atoms with Gasteiger partial charge in [-0.3, -0.25) is 0 Å². The molecule has 1 aliphatic heterocycles. The predicted molar refractivity (Wildman–Crippen MR) is 45.7 cm³/mol. The van der Waals surface area contributed by atoms with Crippen LogP contribution in [0.4, 0.5) is 0 Å². The highest BCUT2D eigenvalue weighted by Crippen LogP contribution is 2.16. The predicted octanol–water partition coefficient (Wildman–Crippen LogP) is 1.69. The van der Waals surface area contributed by atoms with Gasteiger partial charge in [0.05, 0.1) is 13.2 Å². The second-order valence-electron chi connectivity index (χ2n) is 2.49. The van der Waals surface area contributed by atoms with Gasteiger partial charge in [-0.1, -0.05) is 0 Å². The average molecular weight is 172 g/mol. The zero-order chi connectivity index (χ0) is 8.81. The first-order valence-corrected chi connectivity index (χ1v) is 4.44. The van der Waals surface area contributed by atoms with Gasteiger partial charge in [0.25, 0.3) is 0 Å². The number of hydrogen-bond acceptors (Lipinski definition) is 3. The highest BCUT2D eigenvalue weighted by Gasteiger charge is 2.19. The molecule has 0 radical (unpaired) electrons. The van der Waals surface area contributed by atoms with E-state index in [4.69, 9.17) is 14.2 Å². The zero-order valence-corrected chi connectivity index (χ0v) is 7.71. The summed E-state index contributed by atoms with van der Waals surface area (Å²) in [6, 6.07) is 0. The van der Waals surface area contributed by atoms with Crippen LogP contribution < -0.4 is 0 Å². The van der Waals surface area contributed by atoms with Crippen LogP contribution in [-0.4, -0.2) is 26.1 Å². The normalized spacial score (nSPS) is 23.5. The minimum atomic E-state index is -0.274. The zero-order valence-electron chi connectivity index (χ0n) is 7.71. The molecule has 0 fully saturated rings. The standard InChI is InChI=1S/C9H16O3/c1-3-10-8-6-5-7-12-9(8)11-4-2/h6,9H,3-5,7H2,1-2H3. The van der Waals surface area contributed by atoms with Crippen LogP contribution in [0.2, 0.25) is 0 Å². The lowest BCUT2D eigenvalue weighted by molar-refractivity contribution is -0.145. The van der Waals surface area contributed by atoms with E-state index in [1.165, 1.54) is 0 Å². The molecule has 0 aromatic carbocycles. The molecule has 0 aromatic heterocycles. The van der Waals surface area contributed by atoms with Gasteiger partial charge in [-0.15, -0.1) is 0 Å². The molecule has 1 heterocycles. The van der Waals surface area contributed by atoms with E-state index in [9.17, 15) is 0 Å². The molecule has 3 heteroatoms. The fourth-order valence-corrected chi connectivity index (χ4v) is 1.13. The van der Waals surface area contributed by atoms with Crippen molar-refractivity contribution in [2.75, 3.05) is 19.8 Å². The Morgan fingerprint density at radius 3 is 3.00 bits per heavy atom. The minimum Gasteiger partial charge on any atom is -0.493 e. The van der Waals surface area contributed by atoms with Gasteiger partial charge in [0, 0.05) is 6.61 Å². The lowest BCUT2D eigenvalue weighted by atomic mass is 10.3. The van der Waals surface area contributed by atoms with Crippen molar-refractivity contribution in [2.45, 2.75) is 26.6 Å². The molecule has 1 aliphatic rings. The molecule has 0 N–H and O–H groups in total. The fraction of sp³-hybridized carbons (Fsp3) is 0.778. The Hall–Kier alpha value is -0.540. The molecule has 0 amide bonds. The van der Waals surface area contributed by atoms with Gasteiger partial charge in [-0.05, 0) is 26.3 Å². The molecular weight excluding hydrogens is 156 g/mol. The Labute approximate surface area is 73.3 Å². The van der Waals surface area contributed by atoms with E-state index in [1.807, 2.05) is 19.9 Å². The van der Waals surface area contributed by atoms with Crippen LogP contribution in [0.15, 0.2) is 11.8 Å². The quantitative estimate of drug-likeness (QED) is 0.645. The third kappa shape index (κ3) is 2.50. The molecule has 70 valence electrons. The summed E-state index contributed by atoms with van der Waals surface area (Å²) in [6.07, 6.45) is 2.68. The summed E-state index contributed by atoms with van der Waals surface area (Å²) in [5.74, 6) is 0.825. The number of ether oxygens (including phenoxy) is 3. The fourth-order valence-electron chi connectivity index (χ4n) is 1.13. The van der Waals surface area contributed by atoms with E-state index < -0.39 is 0 Å². The second-order valence-corrected chi connectivity index (χ2v) is 2.49. The van der Waals surface area contributed by atoms with Crippen LogP contribution in [0.5, 0.6) is 0 Å². The van der Waals surface area contributed by atoms with Gasteiger partial charge in [-0.2, -0.15) is 0 Å². The van der Waals surface area contributed by atoms with Crippen molar-refractivity contribution in [3.8, 4) is 0 Å². The first-order chi connectivity index (χ1) is 5.88. The van der Waals surface area contributed by atoms with Crippen molar-refractivity contribution in [3.05, 3.63) is 11.8 Å². The molecule has 0 saturated heterocycles. The van der Waals surface area contributed by atoms with Gasteiger partial charge in [-0.25, -0.2) is 0 Å². The third-order valence-corrected chi connectivity index (χ3v) is 1.59. The van der Waals surface area contributed by atoms with Crippen LogP contribution in [-0.2, 0) is 14.2 Å². The smallest absolute Gasteiger partial charge is 0.216 e. The summed E-state index contributed by atoms with van der Waals surface area (Å²) in [4.78, 5) is 0. The van der Waals surface area contributed by atoms with Crippen molar-refractivity contribution in [3.63, 3.8) is 0 Å². The van der Waals surface area contributed by atoms with Crippen molar-refractivity contribution >= 4 is 0 Å². The Balaban J connectivity index is 2.45. The maximum Gasteiger partial charge on any atom is 0.216 e. The molecule has 12 heavy (non-hydrogen) atoms. The molecular formula is C9H16O3. The van der Waals surface area contributed by atoms with Crippen LogP contribution >= 0.6 is 0 Å². The van der Waals surface area contributed by atoms with Gasteiger partial charge in [0.1, 0.15) is 5.76 Å². The summed E-state index contributed by atoms with van der Waals surface area (Å²) in [6.45, 7) is 5.94. The topological polar surface area (TPSA) is 27.7 Å². The van der Waals surface area contributed by atoms with Crippen LogP contribution in [0.3, 0.4) is 0 Å². The van der Waals surface area contributed by atoms with Crippen LogP contribution in [0, 0.1) is 0 Å². The van der Waals surface area contributed by atoms with Crippen molar-refractivity contribution in [1.29, 1.82) is 0 Å². The largest absolute Gasteiger partial charge is 0.493 e. The second kappa shape index (κ2) is 5.17. The maximum atomic E-state index is 5.37. The van der Waals surface area contributed by atoms with E-state index in [0.29, 0.717) is 13.2 Å². The van der Waals surface area contributed by atoms with E-state index in [-0.39, 0.29) is 6.29 Å². The number of rotatable bonds is 4. The minimum absolute atomic E-state index is 0.274. The third-order valence-electron chi connectivity index (χ3n) is 1.59.